The number of esters is 1. The second-order valence-corrected chi connectivity index (χ2v) is 9.94. The monoisotopic (exact) mass is 444 g/mol. The molecule has 1 aliphatic heterocycles. The molecule has 0 amide bonds. The molecule has 0 saturated carbocycles. The third kappa shape index (κ3) is 6.93. The van der Waals surface area contributed by atoms with Crippen molar-refractivity contribution in [1.82, 2.24) is 20.6 Å². The van der Waals surface area contributed by atoms with E-state index in [2.05, 4.69) is 34.5 Å². The minimum atomic E-state index is -0.562. The normalized spacial score (nSPS) is 15.1. The molecule has 176 valence electrons. The van der Waals surface area contributed by atoms with Crippen molar-refractivity contribution in [3.8, 4) is 11.5 Å². The van der Waals surface area contributed by atoms with E-state index in [-0.39, 0.29) is 24.6 Å². The molecule has 1 aromatic heterocycles. The molecular weight excluding hydrogens is 408 g/mol. The van der Waals surface area contributed by atoms with E-state index >= 15 is 0 Å². The first kappa shape index (κ1) is 24.0. The molecule has 0 bridgehead atoms. The number of rotatable bonds is 11. The SMILES string of the molecule is CC(C)CCCCCC(C(=O)OC(C)(C)C)[C@H](Cc1ccc2c(c1)OCO2)c1nn[nH]n1. The molecule has 1 unspecified atom stereocenters. The average Bonchev–Trinajstić information content (AvgIpc) is 3.39. The quantitative estimate of drug-likeness (QED) is 0.392. The van der Waals surface area contributed by atoms with E-state index < -0.39 is 5.60 Å². The van der Waals surface area contributed by atoms with Gasteiger partial charge in [0.1, 0.15) is 5.60 Å². The number of aromatic amines is 1. The van der Waals surface area contributed by atoms with Gasteiger partial charge in [-0.15, -0.1) is 10.2 Å². The molecule has 1 aromatic carbocycles. The second kappa shape index (κ2) is 10.8. The maximum absolute atomic E-state index is 13.3. The Kier molecular flexibility index (Phi) is 8.10. The van der Waals surface area contributed by atoms with E-state index in [0.29, 0.717) is 18.2 Å². The first-order chi connectivity index (χ1) is 15.2. The van der Waals surface area contributed by atoms with Crippen LogP contribution in [-0.4, -0.2) is 39.0 Å². The highest BCUT2D eigenvalue weighted by atomic mass is 16.7. The van der Waals surface area contributed by atoms with Gasteiger partial charge < -0.3 is 14.2 Å². The number of aromatic nitrogens is 4. The van der Waals surface area contributed by atoms with Gasteiger partial charge in [-0.3, -0.25) is 4.79 Å². The van der Waals surface area contributed by atoms with Gasteiger partial charge in [-0.05, 0) is 57.2 Å². The van der Waals surface area contributed by atoms with Crippen molar-refractivity contribution in [2.45, 2.75) is 84.7 Å². The van der Waals surface area contributed by atoms with Crippen LogP contribution in [0.3, 0.4) is 0 Å². The summed E-state index contributed by atoms with van der Waals surface area (Å²) in [6, 6.07) is 5.86. The molecule has 1 N–H and O–H groups in total. The number of unbranched alkanes of at least 4 members (excludes halogenated alkanes) is 2. The maximum Gasteiger partial charge on any atom is 0.310 e. The van der Waals surface area contributed by atoms with E-state index in [1.54, 1.807) is 0 Å². The molecule has 2 heterocycles. The minimum absolute atomic E-state index is 0.211. The Morgan fingerprint density at radius 1 is 1.12 bits per heavy atom. The smallest absolute Gasteiger partial charge is 0.310 e. The summed E-state index contributed by atoms with van der Waals surface area (Å²) in [5, 5.41) is 14.8. The predicted molar refractivity (Wildman–Crippen MR) is 120 cm³/mol. The third-order valence-electron chi connectivity index (χ3n) is 5.58. The minimum Gasteiger partial charge on any atom is -0.460 e. The Balaban J connectivity index is 1.80. The van der Waals surface area contributed by atoms with Crippen LogP contribution in [0.1, 0.15) is 84.0 Å². The van der Waals surface area contributed by atoms with Crippen LogP contribution in [0.25, 0.3) is 0 Å². The number of carbonyl (C=O) groups is 1. The summed E-state index contributed by atoms with van der Waals surface area (Å²) in [7, 11) is 0. The topological polar surface area (TPSA) is 99.2 Å². The van der Waals surface area contributed by atoms with Crippen LogP contribution in [0.2, 0.25) is 0 Å². The molecule has 3 rings (SSSR count). The molecule has 0 radical (unpaired) electrons. The fraction of sp³-hybridized carbons (Fsp3) is 0.667. The summed E-state index contributed by atoms with van der Waals surface area (Å²) in [6.07, 6.45) is 5.69. The molecule has 0 spiro atoms. The number of ether oxygens (including phenoxy) is 3. The lowest BCUT2D eigenvalue weighted by Crippen LogP contribution is -2.33. The molecule has 0 aliphatic carbocycles. The summed E-state index contributed by atoms with van der Waals surface area (Å²) in [6.45, 7) is 10.4. The van der Waals surface area contributed by atoms with E-state index in [1.807, 2.05) is 39.0 Å². The lowest BCUT2D eigenvalue weighted by Gasteiger charge is -2.28. The molecule has 8 heteroatoms. The van der Waals surface area contributed by atoms with Gasteiger partial charge in [-0.25, -0.2) is 0 Å². The summed E-state index contributed by atoms with van der Waals surface area (Å²) in [4.78, 5) is 13.3. The molecule has 2 aromatic rings. The molecule has 32 heavy (non-hydrogen) atoms. The number of hydrogen-bond donors (Lipinski definition) is 1. The van der Waals surface area contributed by atoms with Crippen molar-refractivity contribution in [3.05, 3.63) is 29.6 Å². The maximum atomic E-state index is 13.3. The second-order valence-electron chi connectivity index (χ2n) is 9.94. The number of tetrazole rings is 1. The van der Waals surface area contributed by atoms with Gasteiger partial charge in [-0.2, -0.15) is 5.21 Å². The number of fused-ring (bicyclic) bond motifs is 1. The Morgan fingerprint density at radius 2 is 1.88 bits per heavy atom. The highest BCUT2D eigenvalue weighted by Gasteiger charge is 2.35. The Hall–Kier alpha value is -2.64. The molecule has 1 aliphatic rings. The molecule has 2 atom stereocenters. The zero-order valence-electron chi connectivity index (χ0n) is 19.9. The van der Waals surface area contributed by atoms with Gasteiger partial charge in [0.2, 0.25) is 6.79 Å². The highest BCUT2D eigenvalue weighted by Crippen LogP contribution is 2.37. The van der Waals surface area contributed by atoms with Crippen LogP contribution in [0, 0.1) is 11.8 Å². The third-order valence-corrected chi connectivity index (χ3v) is 5.58. The largest absolute Gasteiger partial charge is 0.460 e. The van der Waals surface area contributed by atoms with Crippen LogP contribution in [0.5, 0.6) is 11.5 Å². The van der Waals surface area contributed by atoms with Crippen molar-refractivity contribution in [2.24, 2.45) is 11.8 Å². The molecule has 0 fully saturated rings. The summed E-state index contributed by atoms with van der Waals surface area (Å²) >= 11 is 0. The lowest BCUT2D eigenvalue weighted by atomic mass is 9.82. The number of H-pyrrole nitrogens is 1. The Bertz CT molecular complexity index is 861. The van der Waals surface area contributed by atoms with Gasteiger partial charge >= 0.3 is 5.97 Å². The Morgan fingerprint density at radius 3 is 2.56 bits per heavy atom. The summed E-state index contributed by atoms with van der Waals surface area (Å²) in [5.41, 5.74) is 0.463. The van der Waals surface area contributed by atoms with Crippen LogP contribution in [-0.2, 0) is 16.0 Å². The van der Waals surface area contributed by atoms with Crippen molar-refractivity contribution in [1.29, 1.82) is 0 Å². The predicted octanol–water partition coefficient (Wildman–Crippen LogP) is 4.82. The van der Waals surface area contributed by atoms with Gasteiger partial charge in [0, 0.05) is 5.92 Å². The van der Waals surface area contributed by atoms with E-state index in [0.717, 1.165) is 42.7 Å². The van der Waals surface area contributed by atoms with Gasteiger partial charge in [-0.1, -0.05) is 50.8 Å². The molecule has 8 nitrogen and oxygen atoms in total. The lowest BCUT2D eigenvalue weighted by molar-refractivity contribution is -0.161. The number of carbonyl (C=O) groups excluding carboxylic acids is 1. The van der Waals surface area contributed by atoms with E-state index in [1.165, 1.54) is 6.42 Å². The van der Waals surface area contributed by atoms with Gasteiger partial charge in [0.25, 0.3) is 0 Å². The summed E-state index contributed by atoms with van der Waals surface area (Å²) in [5.74, 6) is 1.84. The summed E-state index contributed by atoms with van der Waals surface area (Å²) < 4.78 is 16.8. The Labute approximate surface area is 190 Å². The van der Waals surface area contributed by atoms with Crippen LogP contribution >= 0.6 is 0 Å². The van der Waals surface area contributed by atoms with Gasteiger partial charge in [0.15, 0.2) is 17.3 Å². The fourth-order valence-corrected chi connectivity index (χ4v) is 4.02. The fourth-order valence-electron chi connectivity index (χ4n) is 4.02. The first-order valence-electron chi connectivity index (χ1n) is 11.6. The first-order valence-corrected chi connectivity index (χ1v) is 11.6. The van der Waals surface area contributed by atoms with Crippen molar-refractivity contribution >= 4 is 5.97 Å². The van der Waals surface area contributed by atoms with Crippen molar-refractivity contribution in [3.63, 3.8) is 0 Å². The highest BCUT2D eigenvalue weighted by molar-refractivity contribution is 5.74. The average molecular weight is 445 g/mol. The van der Waals surface area contributed by atoms with Crippen LogP contribution in [0.15, 0.2) is 18.2 Å². The standard InChI is InChI=1S/C24H36N4O4/c1-16(2)9-7-6-8-10-18(23(29)32-24(3,4)5)19(22-25-27-28-26-22)13-17-11-12-20-21(14-17)31-15-30-20/h11-12,14,16,18-19H,6-10,13,15H2,1-5H3,(H,25,26,27,28)/t18?,19-/m0/s1. The molecular formula is C24H36N4O4. The number of hydrogen-bond acceptors (Lipinski definition) is 7. The van der Waals surface area contributed by atoms with E-state index in [4.69, 9.17) is 14.2 Å². The van der Waals surface area contributed by atoms with Crippen LogP contribution in [0.4, 0.5) is 0 Å². The van der Waals surface area contributed by atoms with Crippen molar-refractivity contribution in [2.75, 3.05) is 6.79 Å². The van der Waals surface area contributed by atoms with Crippen LogP contribution < -0.4 is 9.47 Å². The zero-order chi connectivity index (χ0) is 23.1. The number of nitrogens with one attached hydrogen (secondary N) is 1. The number of benzene rings is 1. The van der Waals surface area contributed by atoms with Gasteiger partial charge in [0.05, 0.1) is 5.92 Å². The van der Waals surface area contributed by atoms with E-state index in [9.17, 15) is 4.79 Å². The zero-order valence-corrected chi connectivity index (χ0v) is 19.9. The van der Waals surface area contributed by atoms with Crippen molar-refractivity contribution < 1.29 is 19.0 Å². The number of nitrogens with zero attached hydrogens (tertiary/aromatic N) is 3. The molecule has 0 saturated heterocycles.